The molecule has 86 valence electrons. The van der Waals surface area contributed by atoms with Gasteiger partial charge in [0.15, 0.2) is 0 Å². The van der Waals surface area contributed by atoms with Crippen molar-refractivity contribution >= 4 is 39.7 Å². The van der Waals surface area contributed by atoms with Crippen LogP contribution in [0.2, 0.25) is 5.02 Å². The van der Waals surface area contributed by atoms with Crippen molar-refractivity contribution in [1.82, 2.24) is 9.97 Å². The number of aromatic nitrogens is 2. The van der Waals surface area contributed by atoms with E-state index in [1.54, 1.807) is 17.4 Å². The van der Waals surface area contributed by atoms with Gasteiger partial charge < -0.3 is 10.7 Å². The summed E-state index contributed by atoms with van der Waals surface area (Å²) in [6.07, 6.45) is 0. The molecular formula is C12H10ClN3S. The highest BCUT2D eigenvalue weighted by molar-refractivity contribution is 7.13. The molecule has 0 saturated heterocycles. The van der Waals surface area contributed by atoms with Gasteiger partial charge in [0.25, 0.3) is 0 Å². The molecule has 3 nitrogen and oxygen atoms in total. The van der Waals surface area contributed by atoms with Crippen molar-refractivity contribution in [3.8, 4) is 10.7 Å². The fourth-order valence-corrected chi connectivity index (χ4v) is 2.93. The maximum Gasteiger partial charge on any atom is 0.148 e. The molecule has 0 aliphatic rings. The van der Waals surface area contributed by atoms with Crippen LogP contribution in [0.4, 0.5) is 5.69 Å². The summed E-state index contributed by atoms with van der Waals surface area (Å²) in [5, 5.41) is 2.67. The molecule has 0 unspecified atom stereocenters. The Balaban J connectivity index is 2.27. The van der Waals surface area contributed by atoms with Crippen molar-refractivity contribution in [1.29, 1.82) is 0 Å². The number of thiophene rings is 1. The van der Waals surface area contributed by atoms with Crippen molar-refractivity contribution < 1.29 is 0 Å². The number of aryl methyl sites for hydroxylation is 1. The standard InChI is InChI=1S/C12H10ClN3S/c1-6-2-3-17-11(6)12-15-9-5-7(13)4-8(14)10(9)16-12/h2-5H,14H2,1H3,(H,15,16). The quantitative estimate of drug-likeness (QED) is 0.656. The summed E-state index contributed by atoms with van der Waals surface area (Å²) in [6, 6.07) is 5.63. The number of anilines is 1. The van der Waals surface area contributed by atoms with E-state index in [9.17, 15) is 0 Å². The smallest absolute Gasteiger partial charge is 0.148 e. The molecule has 1 aromatic carbocycles. The molecule has 17 heavy (non-hydrogen) atoms. The Morgan fingerprint density at radius 1 is 1.41 bits per heavy atom. The molecule has 0 amide bonds. The summed E-state index contributed by atoms with van der Waals surface area (Å²) in [6.45, 7) is 2.06. The van der Waals surface area contributed by atoms with E-state index in [-0.39, 0.29) is 0 Å². The molecule has 3 N–H and O–H groups in total. The van der Waals surface area contributed by atoms with E-state index in [4.69, 9.17) is 17.3 Å². The van der Waals surface area contributed by atoms with Gasteiger partial charge in [0.05, 0.1) is 16.1 Å². The Hall–Kier alpha value is -1.52. The van der Waals surface area contributed by atoms with Crippen LogP contribution in [0.1, 0.15) is 5.56 Å². The Kier molecular flexibility index (Phi) is 2.34. The lowest BCUT2D eigenvalue weighted by Gasteiger charge is -1.94. The van der Waals surface area contributed by atoms with Crippen molar-refractivity contribution in [2.75, 3.05) is 5.73 Å². The summed E-state index contributed by atoms with van der Waals surface area (Å²) < 4.78 is 0. The van der Waals surface area contributed by atoms with Crippen LogP contribution in [0.3, 0.4) is 0 Å². The molecule has 3 aromatic rings. The summed E-state index contributed by atoms with van der Waals surface area (Å²) in [5.41, 5.74) is 9.35. The van der Waals surface area contributed by atoms with E-state index in [1.807, 2.05) is 11.4 Å². The van der Waals surface area contributed by atoms with Crippen LogP contribution < -0.4 is 5.73 Å². The minimum atomic E-state index is 0.601. The van der Waals surface area contributed by atoms with Gasteiger partial charge in [-0.2, -0.15) is 0 Å². The van der Waals surface area contributed by atoms with Crippen LogP contribution in [0, 0.1) is 6.92 Å². The molecule has 0 spiro atoms. The predicted molar refractivity (Wildman–Crippen MR) is 73.6 cm³/mol. The fourth-order valence-electron chi connectivity index (χ4n) is 1.83. The van der Waals surface area contributed by atoms with Gasteiger partial charge >= 0.3 is 0 Å². The molecule has 0 bridgehead atoms. The lowest BCUT2D eigenvalue weighted by atomic mass is 10.3. The maximum absolute atomic E-state index is 5.96. The van der Waals surface area contributed by atoms with Crippen molar-refractivity contribution in [3.05, 3.63) is 34.2 Å². The number of imidazole rings is 1. The van der Waals surface area contributed by atoms with Gasteiger partial charge in [-0.3, -0.25) is 0 Å². The zero-order valence-electron chi connectivity index (χ0n) is 9.12. The van der Waals surface area contributed by atoms with Crippen LogP contribution in [0.5, 0.6) is 0 Å². The second-order valence-corrected chi connectivity index (χ2v) is 5.26. The van der Waals surface area contributed by atoms with Crippen LogP contribution in [0.15, 0.2) is 23.6 Å². The number of H-pyrrole nitrogens is 1. The minimum absolute atomic E-state index is 0.601. The van der Waals surface area contributed by atoms with E-state index in [0.717, 1.165) is 21.7 Å². The van der Waals surface area contributed by atoms with Gasteiger partial charge in [0.2, 0.25) is 0 Å². The molecule has 0 atom stereocenters. The molecule has 0 aliphatic carbocycles. The van der Waals surface area contributed by atoms with Gasteiger partial charge in [0.1, 0.15) is 11.3 Å². The zero-order chi connectivity index (χ0) is 12.0. The van der Waals surface area contributed by atoms with Crippen molar-refractivity contribution in [2.24, 2.45) is 0 Å². The second-order valence-electron chi connectivity index (χ2n) is 3.91. The normalized spacial score (nSPS) is 11.2. The monoisotopic (exact) mass is 263 g/mol. The number of nitrogens with zero attached hydrogens (tertiary/aromatic N) is 1. The lowest BCUT2D eigenvalue weighted by molar-refractivity contribution is 1.34. The molecule has 0 fully saturated rings. The summed E-state index contributed by atoms with van der Waals surface area (Å²) in [4.78, 5) is 8.92. The first-order valence-corrected chi connectivity index (χ1v) is 6.40. The van der Waals surface area contributed by atoms with Gasteiger partial charge in [-0.15, -0.1) is 11.3 Å². The number of benzene rings is 1. The topological polar surface area (TPSA) is 54.7 Å². The molecule has 3 rings (SSSR count). The second kappa shape index (κ2) is 3.75. The third kappa shape index (κ3) is 1.69. The number of rotatable bonds is 1. The first-order chi connectivity index (χ1) is 8.15. The fraction of sp³-hybridized carbons (Fsp3) is 0.0833. The summed E-state index contributed by atoms with van der Waals surface area (Å²) in [7, 11) is 0. The van der Waals surface area contributed by atoms with Gasteiger partial charge in [-0.25, -0.2) is 4.98 Å². The highest BCUT2D eigenvalue weighted by Crippen LogP contribution is 2.31. The number of aromatic amines is 1. The van der Waals surface area contributed by atoms with E-state index < -0.39 is 0 Å². The Labute approximate surface area is 107 Å². The van der Waals surface area contributed by atoms with E-state index in [1.165, 1.54) is 5.56 Å². The third-order valence-corrected chi connectivity index (χ3v) is 3.90. The Bertz CT molecular complexity index is 699. The number of nitrogen functional groups attached to an aromatic ring is 1. The highest BCUT2D eigenvalue weighted by atomic mass is 35.5. The lowest BCUT2D eigenvalue weighted by Crippen LogP contribution is -1.86. The van der Waals surface area contributed by atoms with Crippen LogP contribution in [-0.4, -0.2) is 9.97 Å². The SMILES string of the molecule is Cc1ccsc1-c1nc2c(N)cc(Cl)cc2[nH]1. The molecule has 0 saturated carbocycles. The van der Waals surface area contributed by atoms with Gasteiger partial charge in [-0.1, -0.05) is 11.6 Å². The highest BCUT2D eigenvalue weighted by Gasteiger charge is 2.11. The number of hydrogen-bond acceptors (Lipinski definition) is 3. The average molecular weight is 264 g/mol. The first kappa shape index (κ1) is 10.6. The van der Waals surface area contributed by atoms with E-state index >= 15 is 0 Å². The number of nitrogens with two attached hydrogens (primary N) is 1. The maximum atomic E-state index is 5.96. The van der Waals surface area contributed by atoms with Gasteiger partial charge in [-0.05, 0) is 36.1 Å². The zero-order valence-corrected chi connectivity index (χ0v) is 10.7. The molecule has 0 radical (unpaired) electrons. The third-order valence-electron chi connectivity index (χ3n) is 2.66. The Morgan fingerprint density at radius 2 is 2.24 bits per heavy atom. The Morgan fingerprint density at radius 3 is 2.94 bits per heavy atom. The average Bonchev–Trinajstić information content (AvgIpc) is 2.83. The first-order valence-electron chi connectivity index (χ1n) is 5.14. The number of halogens is 1. The number of hydrogen-bond donors (Lipinski definition) is 2. The number of fused-ring (bicyclic) bond motifs is 1. The van der Waals surface area contributed by atoms with Crippen molar-refractivity contribution in [2.45, 2.75) is 6.92 Å². The molecule has 2 heterocycles. The molecular weight excluding hydrogens is 254 g/mol. The van der Waals surface area contributed by atoms with E-state index in [0.29, 0.717) is 10.7 Å². The van der Waals surface area contributed by atoms with Crippen LogP contribution in [-0.2, 0) is 0 Å². The predicted octanol–water partition coefficient (Wildman–Crippen LogP) is 3.84. The largest absolute Gasteiger partial charge is 0.397 e. The molecule has 0 aliphatic heterocycles. The minimum Gasteiger partial charge on any atom is -0.397 e. The van der Waals surface area contributed by atoms with Crippen molar-refractivity contribution in [3.63, 3.8) is 0 Å². The van der Waals surface area contributed by atoms with Crippen LogP contribution >= 0.6 is 22.9 Å². The molecule has 5 heteroatoms. The number of nitrogens with one attached hydrogen (secondary N) is 1. The van der Waals surface area contributed by atoms with Gasteiger partial charge in [0, 0.05) is 5.02 Å². The molecule has 2 aromatic heterocycles. The van der Waals surface area contributed by atoms with E-state index in [2.05, 4.69) is 23.0 Å². The van der Waals surface area contributed by atoms with Crippen LogP contribution in [0.25, 0.3) is 21.7 Å². The summed E-state index contributed by atoms with van der Waals surface area (Å²) in [5.74, 6) is 0.849. The summed E-state index contributed by atoms with van der Waals surface area (Å²) >= 11 is 7.62.